The maximum Gasteiger partial charge on any atom is 0.364 e. The summed E-state index contributed by atoms with van der Waals surface area (Å²) in [6, 6.07) is 0. The van der Waals surface area contributed by atoms with Gasteiger partial charge in [0.05, 0.1) is 5.73 Å². The summed E-state index contributed by atoms with van der Waals surface area (Å²) in [5, 5.41) is 10.1. The van der Waals surface area contributed by atoms with E-state index in [1.165, 1.54) is 12.8 Å². The summed E-state index contributed by atoms with van der Waals surface area (Å²) in [5.41, 5.74) is -0.399. The Kier molecular flexibility index (Phi) is 8.33. The summed E-state index contributed by atoms with van der Waals surface area (Å²) >= 11 is 0. The van der Waals surface area contributed by atoms with Gasteiger partial charge in [-0.05, 0) is 26.8 Å². The number of aliphatic hydroxyl groups excluding tert-OH is 1. The summed E-state index contributed by atoms with van der Waals surface area (Å²) in [6.45, 7) is 9.25. The van der Waals surface area contributed by atoms with E-state index < -0.39 is 14.3 Å². The molecule has 3 nitrogen and oxygen atoms in total. The van der Waals surface area contributed by atoms with Crippen LogP contribution in [0.3, 0.4) is 0 Å². The van der Waals surface area contributed by atoms with Crippen molar-refractivity contribution in [1.29, 1.82) is 0 Å². The zero-order valence-corrected chi connectivity index (χ0v) is 11.6. The average molecular weight is 234 g/mol. The van der Waals surface area contributed by atoms with Gasteiger partial charge in [-0.15, -0.1) is 0 Å². The van der Waals surface area contributed by atoms with Crippen LogP contribution in [0.1, 0.15) is 46.5 Å². The Balaban J connectivity index is 4.08. The maximum absolute atomic E-state index is 10.1. The Hall–Kier alpha value is 0.0969. The van der Waals surface area contributed by atoms with Gasteiger partial charge < -0.3 is 14.0 Å². The van der Waals surface area contributed by atoms with Crippen LogP contribution in [0.5, 0.6) is 0 Å². The first-order valence-corrected chi connectivity index (χ1v) is 8.46. The highest BCUT2D eigenvalue weighted by atomic mass is 28.4. The average Bonchev–Trinajstić information content (AvgIpc) is 2.18. The lowest BCUT2D eigenvalue weighted by Crippen LogP contribution is -2.51. The predicted octanol–water partition coefficient (Wildman–Crippen LogP) is 2.61. The quantitative estimate of drug-likeness (QED) is 0.492. The molecule has 0 aliphatic carbocycles. The third kappa shape index (κ3) is 5.66. The van der Waals surface area contributed by atoms with Crippen molar-refractivity contribution in [3.05, 3.63) is 0 Å². The van der Waals surface area contributed by atoms with E-state index in [-0.39, 0.29) is 0 Å². The third-order valence-electron chi connectivity index (χ3n) is 2.55. The third-order valence-corrected chi connectivity index (χ3v) is 5.77. The van der Waals surface area contributed by atoms with E-state index in [2.05, 4.69) is 6.92 Å². The normalized spacial score (nSPS) is 14.2. The molecule has 1 unspecified atom stereocenters. The molecule has 0 aromatic rings. The lowest BCUT2D eigenvalue weighted by molar-refractivity contribution is 0.110. The van der Waals surface area contributed by atoms with Crippen LogP contribution in [-0.4, -0.2) is 32.6 Å². The fourth-order valence-corrected chi connectivity index (χ4v) is 4.00. The van der Waals surface area contributed by atoms with E-state index in [0.29, 0.717) is 13.2 Å². The first-order chi connectivity index (χ1) is 7.10. The smallest absolute Gasteiger partial charge is 0.364 e. The standard InChI is InChI=1S/C11H26O3Si/c1-5-8-9-10-11(12)15(4,13-6-2)14-7-3/h11-12H,5-10H2,1-4H3. The molecule has 0 aliphatic rings. The fourth-order valence-electron chi connectivity index (χ4n) is 1.66. The molecule has 0 rings (SSSR count). The SMILES string of the molecule is CCCCCC(O)[Si](C)(OCC)OCC. The van der Waals surface area contributed by atoms with Crippen molar-refractivity contribution in [2.45, 2.75) is 58.7 Å². The van der Waals surface area contributed by atoms with E-state index >= 15 is 0 Å². The van der Waals surface area contributed by atoms with Gasteiger partial charge in [-0.3, -0.25) is 0 Å². The van der Waals surface area contributed by atoms with E-state index in [1.807, 2.05) is 20.4 Å². The molecule has 0 aliphatic heterocycles. The minimum absolute atomic E-state index is 0.399. The van der Waals surface area contributed by atoms with Crippen LogP contribution in [0.2, 0.25) is 6.55 Å². The second-order valence-corrected chi connectivity index (χ2v) is 7.17. The van der Waals surface area contributed by atoms with Crippen molar-refractivity contribution in [2.75, 3.05) is 13.2 Å². The number of hydrogen-bond donors (Lipinski definition) is 1. The molecular formula is C11H26O3Si. The van der Waals surface area contributed by atoms with Crippen LogP contribution in [0.15, 0.2) is 0 Å². The summed E-state index contributed by atoms with van der Waals surface area (Å²) in [7, 11) is -2.35. The molecule has 0 saturated heterocycles. The number of rotatable bonds is 9. The Morgan fingerprint density at radius 2 is 1.60 bits per heavy atom. The lowest BCUT2D eigenvalue weighted by atomic mass is 10.2. The van der Waals surface area contributed by atoms with E-state index in [0.717, 1.165) is 12.8 Å². The zero-order chi connectivity index (χ0) is 11.7. The molecule has 1 atom stereocenters. The van der Waals surface area contributed by atoms with Crippen LogP contribution < -0.4 is 0 Å². The lowest BCUT2D eigenvalue weighted by Gasteiger charge is -2.30. The summed E-state index contributed by atoms with van der Waals surface area (Å²) in [6.07, 6.45) is 4.20. The highest BCUT2D eigenvalue weighted by Gasteiger charge is 2.39. The second-order valence-electron chi connectivity index (χ2n) is 3.89. The van der Waals surface area contributed by atoms with Crippen molar-refractivity contribution in [2.24, 2.45) is 0 Å². The van der Waals surface area contributed by atoms with Gasteiger partial charge in [0.15, 0.2) is 0 Å². The maximum atomic E-state index is 10.1. The van der Waals surface area contributed by atoms with Crippen molar-refractivity contribution in [3.63, 3.8) is 0 Å². The Morgan fingerprint density at radius 1 is 1.07 bits per heavy atom. The molecule has 4 heteroatoms. The minimum atomic E-state index is -2.35. The molecule has 0 fully saturated rings. The van der Waals surface area contributed by atoms with Crippen molar-refractivity contribution in [3.8, 4) is 0 Å². The zero-order valence-electron chi connectivity index (χ0n) is 10.6. The Bertz CT molecular complexity index is 147. The van der Waals surface area contributed by atoms with Gasteiger partial charge in [0.2, 0.25) is 0 Å². The molecule has 0 aromatic heterocycles. The topological polar surface area (TPSA) is 38.7 Å². The number of unbranched alkanes of at least 4 members (excludes halogenated alkanes) is 2. The molecular weight excluding hydrogens is 208 g/mol. The summed E-state index contributed by atoms with van der Waals surface area (Å²) in [5.74, 6) is 0. The van der Waals surface area contributed by atoms with Crippen LogP contribution >= 0.6 is 0 Å². The van der Waals surface area contributed by atoms with Crippen molar-refractivity contribution < 1.29 is 14.0 Å². The molecule has 15 heavy (non-hydrogen) atoms. The Labute approximate surface area is 95.0 Å². The van der Waals surface area contributed by atoms with Gasteiger partial charge in [-0.1, -0.05) is 26.2 Å². The van der Waals surface area contributed by atoms with E-state index in [9.17, 15) is 5.11 Å². The van der Waals surface area contributed by atoms with Crippen molar-refractivity contribution >= 4 is 8.56 Å². The van der Waals surface area contributed by atoms with Crippen molar-refractivity contribution in [1.82, 2.24) is 0 Å². The molecule has 92 valence electrons. The molecule has 0 amide bonds. The first-order valence-electron chi connectivity index (χ1n) is 6.06. The van der Waals surface area contributed by atoms with Gasteiger partial charge in [0.1, 0.15) is 0 Å². The molecule has 0 saturated carbocycles. The highest BCUT2D eigenvalue weighted by molar-refractivity contribution is 6.67. The second kappa shape index (κ2) is 8.27. The molecule has 0 radical (unpaired) electrons. The molecule has 1 N–H and O–H groups in total. The van der Waals surface area contributed by atoms with E-state index in [1.54, 1.807) is 0 Å². The van der Waals surface area contributed by atoms with Crippen LogP contribution in [0, 0.1) is 0 Å². The molecule has 0 bridgehead atoms. The highest BCUT2D eigenvalue weighted by Crippen LogP contribution is 2.17. The van der Waals surface area contributed by atoms with Gasteiger partial charge in [0, 0.05) is 13.2 Å². The molecule has 0 aromatic carbocycles. The minimum Gasteiger partial charge on any atom is -0.393 e. The number of aliphatic hydroxyl groups is 1. The van der Waals surface area contributed by atoms with Crippen LogP contribution in [-0.2, 0) is 8.85 Å². The summed E-state index contributed by atoms with van der Waals surface area (Å²) < 4.78 is 11.3. The fraction of sp³-hybridized carbons (Fsp3) is 1.00. The summed E-state index contributed by atoms with van der Waals surface area (Å²) in [4.78, 5) is 0. The van der Waals surface area contributed by atoms with Gasteiger partial charge in [-0.25, -0.2) is 0 Å². The number of hydrogen-bond acceptors (Lipinski definition) is 3. The van der Waals surface area contributed by atoms with Crippen LogP contribution in [0.4, 0.5) is 0 Å². The molecule has 0 spiro atoms. The largest absolute Gasteiger partial charge is 0.393 e. The van der Waals surface area contributed by atoms with E-state index in [4.69, 9.17) is 8.85 Å². The van der Waals surface area contributed by atoms with Gasteiger partial charge in [0.25, 0.3) is 0 Å². The predicted molar refractivity (Wildman–Crippen MR) is 65.0 cm³/mol. The first kappa shape index (κ1) is 15.1. The van der Waals surface area contributed by atoms with Gasteiger partial charge >= 0.3 is 8.56 Å². The molecule has 0 heterocycles. The monoisotopic (exact) mass is 234 g/mol. The van der Waals surface area contributed by atoms with Gasteiger partial charge in [-0.2, -0.15) is 0 Å². The Morgan fingerprint density at radius 3 is 2.00 bits per heavy atom. The van der Waals surface area contributed by atoms with Crippen LogP contribution in [0.25, 0.3) is 0 Å².